The topological polar surface area (TPSA) is 0 Å². The van der Waals surface area contributed by atoms with E-state index in [2.05, 4.69) is 178 Å². The molecule has 0 saturated heterocycles. The van der Waals surface area contributed by atoms with Gasteiger partial charge in [0.2, 0.25) is 0 Å². The summed E-state index contributed by atoms with van der Waals surface area (Å²) in [6.07, 6.45) is 7.90. The Labute approximate surface area is 337 Å². The van der Waals surface area contributed by atoms with E-state index < -0.39 is 5.41 Å². The molecule has 0 aromatic heterocycles. The number of rotatable bonds is 2. The third kappa shape index (κ3) is 4.18. The average molecular weight is 731 g/mol. The van der Waals surface area contributed by atoms with Crippen LogP contribution < -0.4 is 0 Å². The van der Waals surface area contributed by atoms with E-state index in [9.17, 15) is 0 Å². The first-order chi connectivity index (χ1) is 28.1. The molecular formula is C57H46. The third-order valence-electron chi connectivity index (χ3n) is 14.0. The number of hydrogen-bond acceptors (Lipinski definition) is 0. The van der Waals surface area contributed by atoms with Crippen LogP contribution in [0.1, 0.15) is 89.2 Å². The molecule has 0 heterocycles. The zero-order chi connectivity index (χ0) is 38.6. The highest BCUT2D eigenvalue weighted by molar-refractivity contribution is 6.08. The molecule has 57 heavy (non-hydrogen) atoms. The second kappa shape index (κ2) is 12.4. The summed E-state index contributed by atoms with van der Waals surface area (Å²) in [6, 6.07) is 55.6. The van der Waals surface area contributed by atoms with Gasteiger partial charge < -0.3 is 0 Å². The number of aryl methyl sites for hydroxylation is 2. The Bertz CT molecular complexity index is 2900. The molecular weight excluding hydrogens is 685 g/mol. The maximum atomic E-state index is 4.64. The lowest BCUT2D eigenvalue weighted by Gasteiger charge is -2.45. The van der Waals surface area contributed by atoms with E-state index in [-0.39, 0.29) is 5.41 Å². The van der Waals surface area contributed by atoms with Crippen molar-refractivity contribution in [1.29, 1.82) is 0 Å². The Morgan fingerprint density at radius 1 is 0.526 bits per heavy atom. The Morgan fingerprint density at radius 2 is 1.07 bits per heavy atom. The van der Waals surface area contributed by atoms with Gasteiger partial charge in [-0.2, -0.15) is 0 Å². The minimum Gasteiger partial charge on any atom is -0.0984 e. The number of allylic oxidation sites excluding steroid dienone is 7. The van der Waals surface area contributed by atoms with Gasteiger partial charge in [0.1, 0.15) is 0 Å². The van der Waals surface area contributed by atoms with Crippen LogP contribution in [-0.4, -0.2) is 0 Å². The van der Waals surface area contributed by atoms with E-state index in [1.165, 1.54) is 117 Å². The van der Waals surface area contributed by atoms with Crippen molar-refractivity contribution in [3.05, 3.63) is 237 Å². The molecule has 5 aliphatic rings. The third-order valence-corrected chi connectivity index (χ3v) is 14.0. The quantitative estimate of drug-likeness (QED) is 0.166. The summed E-state index contributed by atoms with van der Waals surface area (Å²) < 4.78 is 0. The van der Waals surface area contributed by atoms with Crippen LogP contribution in [0.2, 0.25) is 0 Å². The molecule has 0 aliphatic heterocycles. The summed E-state index contributed by atoms with van der Waals surface area (Å²) in [6.45, 7) is 13.3. The molecule has 2 spiro atoms. The summed E-state index contributed by atoms with van der Waals surface area (Å²) in [5.41, 5.74) is 25.5. The molecule has 0 saturated carbocycles. The normalized spacial score (nSPS) is 17.5. The predicted octanol–water partition coefficient (Wildman–Crippen LogP) is 14.5. The first-order valence-corrected chi connectivity index (χ1v) is 20.9. The Morgan fingerprint density at radius 3 is 1.70 bits per heavy atom. The van der Waals surface area contributed by atoms with Gasteiger partial charge in [-0.3, -0.25) is 0 Å². The highest BCUT2D eigenvalue weighted by atomic mass is 14.5. The molecule has 5 aliphatic carbocycles. The van der Waals surface area contributed by atoms with Gasteiger partial charge in [-0.15, -0.1) is 0 Å². The first-order valence-electron chi connectivity index (χ1n) is 20.9. The van der Waals surface area contributed by atoms with E-state index in [1.54, 1.807) is 0 Å². The van der Waals surface area contributed by atoms with Gasteiger partial charge in [-0.25, -0.2) is 0 Å². The maximum absolute atomic E-state index is 4.64. The minimum absolute atomic E-state index is 0.304. The fourth-order valence-electron chi connectivity index (χ4n) is 12.0. The van der Waals surface area contributed by atoms with Crippen molar-refractivity contribution in [2.45, 2.75) is 57.8 Å². The van der Waals surface area contributed by atoms with Crippen molar-refractivity contribution >= 4 is 21.9 Å². The van der Waals surface area contributed by atoms with Crippen LogP contribution in [0.5, 0.6) is 0 Å². The van der Waals surface area contributed by atoms with E-state index in [0.29, 0.717) is 0 Å². The lowest BCUT2D eigenvalue weighted by atomic mass is 9.57. The lowest BCUT2D eigenvalue weighted by molar-refractivity contribution is 0.613. The summed E-state index contributed by atoms with van der Waals surface area (Å²) in [5.74, 6) is 0. The van der Waals surface area contributed by atoms with Crippen molar-refractivity contribution < 1.29 is 0 Å². The van der Waals surface area contributed by atoms with Crippen LogP contribution in [0.25, 0.3) is 44.2 Å². The molecule has 0 heteroatoms. The summed E-state index contributed by atoms with van der Waals surface area (Å²) >= 11 is 0. The van der Waals surface area contributed by atoms with E-state index in [1.807, 2.05) is 13.8 Å². The Hall–Kier alpha value is -6.24. The Kier molecular flexibility index (Phi) is 7.39. The van der Waals surface area contributed by atoms with Crippen molar-refractivity contribution in [2.75, 3.05) is 0 Å². The SMILES string of the molecule is C=CC1=C(/C=C2\CC3(c4ccccc4-c4ccccc43)c3cccc4c3C2=C(C)CC4)C2(c3ccccc3-c3ccccc32)c2cccc3ccc(C)c1c23.CC. The zero-order valence-electron chi connectivity index (χ0n) is 33.3. The number of fused-ring (bicyclic) bond motifs is 12. The van der Waals surface area contributed by atoms with E-state index in [4.69, 9.17) is 0 Å². The monoisotopic (exact) mass is 730 g/mol. The molecule has 0 unspecified atom stereocenters. The van der Waals surface area contributed by atoms with Gasteiger partial charge >= 0.3 is 0 Å². The van der Waals surface area contributed by atoms with Crippen molar-refractivity contribution in [3.8, 4) is 22.3 Å². The standard InChI is InChI=1S/C55H40.C2H6/c1-4-38-49(55(48-26-14-16-36-30-28-34(3)51(38)53(36)48)45-23-11-7-19-41(45)42-20-8-12-24-46(42)55)31-37-32-54(47-25-13-15-35-29-27-33(2)50(37)52(35)47)43-21-9-5-17-39(43)40-18-6-10-22-44(40)54;1-2/h4-26,28,30-31H,1,27,29,32H2,2-3H3;1-2H3/b37-31+;. The van der Waals surface area contributed by atoms with Gasteiger partial charge in [0, 0.05) is 0 Å². The highest BCUT2D eigenvalue weighted by Crippen LogP contribution is 2.65. The molecule has 12 rings (SSSR count). The van der Waals surface area contributed by atoms with Crippen LogP contribution in [0.4, 0.5) is 0 Å². The van der Waals surface area contributed by atoms with Crippen LogP contribution in [0.3, 0.4) is 0 Å². The fourth-order valence-corrected chi connectivity index (χ4v) is 12.0. The zero-order valence-corrected chi connectivity index (χ0v) is 33.3. The van der Waals surface area contributed by atoms with Crippen molar-refractivity contribution in [3.63, 3.8) is 0 Å². The second-order valence-electron chi connectivity index (χ2n) is 16.4. The highest BCUT2D eigenvalue weighted by Gasteiger charge is 2.53. The molecule has 274 valence electrons. The molecule has 0 radical (unpaired) electrons. The molecule has 0 nitrogen and oxygen atoms in total. The molecule has 0 amide bonds. The van der Waals surface area contributed by atoms with Gasteiger partial charge in [0.05, 0.1) is 10.8 Å². The number of hydrogen-bond donors (Lipinski definition) is 0. The van der Waals surface area contributed by atoms with Crippen molar-refractivity contribution in [1.82, 2.24) is 0 Å². The first kappa shape index (κ1) is 34.0. The van der Waals surface area contributed by atoms with Gasteiger partial charge in [-0.05, 0) is 144 Å². The van der Waals surface area contributed by atoms with Gasteiger partial charge in [-0.1, -0.05) is 184 Å². The smallest absolute Gasteiger partial charge is 0.0725 e. The second-order valence-corrected chi connectivity index (χ2v) is 16.4. The average Bonchev–Trinajstić information content (AvgIpc) is 3.71. The van der Waals surface area contributed by atoms with Crippen molar-refractivity contribution in [2.24, 2.45) is 0 Å². The summed E-state index contributed by atoms with van der Waals surface area (Å²) in [4.78, 5) is 0. The molecule has 0 N–H and O–H groups in total. The van der Waals surface area contributed by atoms with Crippen LogP contribution in [-0.2, 0) is 17.3 Å². The Balaban J connectivity index is 0.00000184. The van der Waals surface area contributed by atoms with Crippen LogP contribution in [0.15, 0.2) is 181 Å². The fraction of sp³-hybridized carbons (Fsp3) is 0.158. The lowest BCUT2D eigenvalue weighted by Crippen LogP contribution is -2.35. The maximum Gasteiger partial charge on any atom is 0.0725 e. The largest absolute Gasteiger partial charge is 0.0984 e. The molecule has 0 bridgehead atoms. The predicted molar refractivity (Wildman–Crippen MR) is 241 cm³/mol. The summed E-state index contributed by atoms with van der Waals surface area (Å²) in [5, 5.41) is 2.64. The minimum atomic E-state index is -0.522. The number of benzene rings is 7. The van der Waals surface area contributed by atoms with E-state index in [0.717, 1.165) is 19.3 Å². The molecule has 0 atom stereocenters. The molecule has 7 aromatic rings. The molecule has 7 aromatic carbocycles. The van der Waals surface area contributed by atoms with E-state index >= 15 is 0 Å². The van der Waals surface area contributed by atoms with Gasteiger partial charge in [0.15, 0.2) is 0 Å². The molecule has 0 fully saturated rings. The van der Waals surface area contributed by atoms with Gasteiger partial charge in [0.25, 0.3) is 0 Å². The summed E-state index contributed by atoms with van der Waals surface area (Å²) in [7, 11) is 0. The van der Waals surface area contributed by atoms with Crippen LogP contribution in [0, 0.1) is 6.92 Å². The van der Waals surface area contributed by atoms with Crippen LogP contribution >= 0.6 is 0 Å².